The van der Waals surface area contributed by atoms with Crippen molar-refractivity contribution >= 4 is 10.9 Å². The topological polar surface area (TPSA) is 45.6 Å². The molecule has 0 spiro atoms. The minimum Gasteiger partial charge on any atom is -0.497 e. The highest BCUT2D eigenvalue weighted by Gasteiger charge is 2.25. The number of aromatic nitrogens is 1. The minimum absolute atomic E-state index is 0.195. The van der Waals surface area contributed by atoms with Crippen molar-refractivity contribution in [3.63, 3.8) is 0 Å². The summed E-state index contributed by atoms with van der Waals surface area (Å²) in [7, 11) is 1.57. The van der Waals surface area contributed by atoms with Crippen molar-refractivity contribution in [2.45, 2.75) is 51.0 Å². The van der Waals surface area contributed by atoms with Gasteiger partial charge in [-0.1, -0.05) is 0 Å². The third kappa shape index (κ3) is 6.34. The van der Waals surface area contributed by atoms with Gasteiger partial charge in [-0.25, -0.2) is 17.6 Å². The summed E-state index contributed by atoms with van der Waals surface area (Å²) in [6.45, 7) is 2.47. The Balaban J connectivity index is 1.21. The summed E-state index contributed by atoms with van der Waals surface area (Å²) in [4.78, 5) is 6.44. The first-order valence-corrected chi connectivity index (χ1v) is 12.5. The van der Waals surface area contributed by atoms with Crippen LogP contribution in [0.5, 0.6) is 5.75 Å². The van der Waals surface area contributed by atoms with Crippen molar-refractivity contribution in [2.75, 3.05) is 26.7 Å². The molecule has 1 atom stereocenters. The summed E-state index contributed by atoms with van der Waals surface area (Å²) in [5.41, 5.74) is 1.77. The molecule has 1 aliphatic rings. The van der Waals surface area contributed by atoms with Gasteiger partial charge >= 0.3 is 0 Å². The number of nitrogens with zero attached hydrogens (tertiary/aromatic N) is 2. The summed E-state index contributed by atoms with van der Waals surface area (Å²) >= 11 is 0. The lowest BCUT2D eigenvalue weighted by atomic mass is 9.88. The lowest BCUT2D eigenvalue weighted by Crippen LogP contribution is -2.38. The molecule has 8 heteroatoms. The molecule has 1 aromatic heterocycles. The highest BCUT2D eigenvalue weighted by Crippen LogP contribution is 2.28. The molecule has 4 nitrogen and oxygen atoms in total. The number of rotatable bonds is 10. The quantitative estimate of drug-likeness (QED) is 0.279. The van der Waals surface area contributed by atoms with E-state index in [1.807, 2.05) is 6.07 Å². The van der Waals surface area contributed by atoms with Crippen LogP contribution in [0.25, 0.3) is 10.9 Å². The first-order chi connectivity index (χ1) is 17.4. The summed E-state index contributed by atoms with van der Waals surface area (Å²) in [6, 6.07) is 7.53. The van der Waals surface area contributed by atoms with Gasteiger partial charge in [0.05, 0.1) is 24.9 Å². The van der Waals surface area contributed by atoms with Crippen LogP contribution in [0.2, 0.25) is 0 Å². The normalized spacial score (nSPS) is 15.9. The van der Waals surface area contributed by atoms with Gasteiger partial charge in [0.15, 0.2) is 17.5 Å². The van der Waals surface area contributed by atoms with E-state index in [1.54, 1.807) is 19.2 Å². The van der Waals surface area contributed by atoms with Gasteiger partial charge in [0, 0.05) is 5.39 Å². The number of likely N-dealkylation sites (tertiary alicyclic amines) is 1. The second-order valence-corrected chi connectivity index (χ2v) is 9.58. The van der Waals surface area contributed by atoms with E-state index >= 15 is 0 Å². The molecule has 194 valence electrons. The van der Waals surface area contributed by atoms with Crippen molar-refractivity contribution in [2.24, 2.45) is 5.92 Å². The standard InChI is InChI=1S/C28H32F4N2O2/c1-36-20-7-8-26-22(16-20)21(25(31)17-33-26)5-2-6-27(35)19-9-12-34(13-10-19)11-3-4-18-14-23(29)28(32)24(30)15-18/h7-8,14-17,19,27,35H,2-6,9-13H2,1H3. The number of ether oxygens (including phenoxy) is 1. The Labute approximate surface area is 208 Å². The van der Waals surface area contributed by atoms with Crippen LogP contribution < -0.4 is 4.74 Å². The Bertz CT molecular complexity index is 1160. The van der Waals surface area contributed by atoms with Crippen LogP contribution in [0.1, 0.15) is 43.2 Å². The van der Waals surface area contributed by atoms with Gasteiger partial charge in [0.25, 0.3) is 0 Å². The number of aryl methyl sites for hydroxylation is 2. The first-order valence-electron chi connectivity index (χ1n) is 12.5. The molecule has 1 unspecified atom stereocenters. The number of fused-ring (bicyclic) bond motifs is 1. The highest BCUT2D eigenvalue weighted by atomic mass is 19.2. The van der Waals surface area contributed by atoms with Gasteiger partial charge in [-0.15, -0.1) is 0 Å². The maximum absolute atomic E-state index is 14.5. The first kappa shape index (κ1) is 26.4. The summed E-state index contributed by atoms with van der Waals surface area (Å²) < 4.78 is 59.6. The van der Waals surface area contributed by atoms with E-state index in [1.165, 1.54) is 6.20 Å². The SMILES string of the molecule is COc1ccc2ncc(F)c(CCCC(O)C3CCN(CCCc4cc(F)c(F)c(F)c4)CC3)c2c1. The molecule has 3 aromatic rings. The van der Waals surface area contributed by atoms with Crippen LogP contribution in [-0.4, -0.2) is 47.8 Å². The molecular weight excluding hydrogens is 472 g/mol. The number of hydrogen-bond acceptors (Lipinski definition) is 4. The van der Waals surface area contributed by atoms with Gasteiger partial charge < -0.3 is 14.7 Å². The van der Waals surface area contributed by atoms with Crippen molar-refractivity contribution in [1.29, 1.82) is 0 Å². The van der Waals surface area contributed by atoms with E-state index in [-0.39, 0.29) is 11.7 Å². The zero-order valence-electron chi connectivity index (χ0n) is 20.5. The van der Waals surface area contributed by atoms with Gasteiger partial charge in [-0.2, -0.15) is 0 Å². The lowest BCUT2D eigenvalue weighted by Gasteiger charge is -2.34. The zero-order chi connectivity index (χ0) is 25.7. The number of piperidine rings is 1. The molecule has 0 aliphatic carbocycles. The number of aliphatic hydroxyl groups excluding tert-OH is 1. The molecule has 1 aliphatic heterocycles. The monoisotopic (exact) mass is 504 g/mol. The number of methoxy groups -OCH3 is 1. The number of pyridine rings is 1. The number of aliphatic hydroxyl groups is 1. The van der Waals surface area contributed by atoms with E-state index in [9.17, 15) is 22.7 Å². The number of hydrogen-bond donors (Lipinski definition) is 1. The van der Waals surface area contributed by atoms with E-state index < -0.39 is 23.6 Å². The second-order valence-electron chi connectivity index (χ2n) is 9.58. The summed E-state index contributed by atoms with van der Waals surface area (Å²) in [5.74, 6) is -3.23. The molecule has 0 amide bonds. The fourth-order valence-electron chi connectivity index (χ4n) is 5.13. The maximum Gasteiger partial charge on any atom is 0.194 e. The Morgan fingerprint density at radius 2 is 1.72 bits per heavy atom. The van der Waals surface area contributed by atoms with E-state index in [0.717, 1.165) is 55.5 Å². The van der Waals surface area contributed by atoms with Crippen molar-refractivity contribution in [3.05, 3.63) is 70.9 Å². The van der Waals surface area contributed by atoms with E-state index in [2.05, 4.69) is 9.88 Å². The van der Waals surface area contributed by atoms with Crippen LogP contribution in [0.15, 0.2) is 36.5 Å². The third-order valence-corrected chi connectivity index (χ3v) is 7.22. The Hall–Kier alpha value is -2.71. The maximum atomic E-state index is 14.5. The van der Waals surface area contributed by atoms with Crippen LogP contribution in [0, 0.1) is 29.2 Å². The fourth-order valence-corrected chi connectivity index (χ4v) is 5.13. The molecule has 0 saturated carbocycles. The minimum atomic E-state index is -1.43. The van der Waals surface area contributed by atoms with Crippen LogP contribution in [-0.2, 0) is 12.8 Å². The van der Waals surface area contributed by atoms with Crippen molar-refractivity contribution in [1.82, 2.24) is 9.88 Å². The fraction of sp³-hybridized carbons (Fsp3) is 0.464. The lowest BCUT2D eigenvalue weighted by molar-refractivity contribution is 0.0521. The summed E-state index contributed by atoms with van der Waals surface area (Å²) in [6.07, 6.45) is 5.51. The van der Waals surface area contributed by atoms with Gasteiger partial charge in [-0.05, 0) is 112 Å². The zero-order valence-corrected chi connectivity index (χ0v) is 20.5. The molecule has 4 rings (SSSR count). The number of halogens is 4. The average Bonchev–Trinajstić information content (AvgIpc) is 2.88. The molecule has 2 aromatic carbocycles. The molecule has 0 bridgehead atoms. The van der Waals surface area contributed by atoms with Gasteiger partial charge in [0.2, 0.25) is 0 Å². The van der Waals surface area contributed by atoms with Gasteiger partial charge in [0.1, 0.15) is 11.6 Å². The van der Waals surface area contributed by atoms with E-state index in [0.29, 0.717) is 49.0 Å². The smallest absolute Gasteiger partial charge is 0.194 e. The van der Waals surface area contributed by atoms with Crippen LogP contribution >= 0.6 is 0 Å². The molecule has 1 fully saturated rings. The van der Waals surface area contributed by atoms with Crippen LogP contribution in [0.4, 0.5) is 17.6 Å². The third-order valence-electron chi connectivity index (χ3n) is 7.22. The Morgan fingerprint density at radius 1 is 1.00 bits per heavy atom. The van der Waals surface area contributed by atoms with Crippen molar-refractivity contribution in [3.8, 4) is 5.75 Å². The summed E-state index contributed by atoms with van der Waals surface area (Å²) in [5, 5.41) is 11.5. The largest absolute Gasteiger partial charge is 0.497 e. The predicted molar refractivity (Wildman–Crippen MR) is 131 cm³/mol. The molecule has 1 saturated heterocycles. The molecule has 36 heavy (non-hydrogen) atoms. The number of benzene rings is 2. The predicted octanol–water partition coefficient (Wildman–Crippen LogP) is 5.83. The second kappa shape index (κ2) is 12.0. The van der Waals surface area contributed by atoms with Crippen molar-refractivity contribution < 1.29 is 27.4 Å². The van der Waals surface area contributed by atoms with Crippen LogP contribution in [0.3, 0.4) is 0 Å². The molecule has 2 heterocycles. The molecule has 0 radical (unpaired) electrons. The Kier molecular flexibility index (Phi) is 8.80. The molecular formula is C28H32F4N2O2. The Morgan fingerprint density at radius 3 is 2.42 bits per heavy atom. The molecule has 1 N–H and O–H groups in total. The van der Waals surface area contributed by atoms with Gasteiger partial charge in [-0.3, -0.25) is 4.98 Å². The van der Waals surface area contributed by atoms with E-state index in [4.69, 9.17) is 4.74 Å². The average molecular weight is 505 g/mol. The highest BCUT2D eigenvalue weighted by molar-refractivity contribution is 5.83.